The lowest BCUT2D eigenvalue weighted by molar-refractivity contribution is -0.116. The van der Waals surface area contributed by atoms with Gasteiger partial charge in [-0.15, -0.1) is 23.4 Å². The molecule has 0 radical (unpaired) electrons. The average Bonchev–Trinajstić information content (AvgIpc) is 2.77. The van der Waals surface area contributed by atoms with E-state index in [0.29, 0.717) is 19.6 Å². The van der Waals surface area contributed by atoms with Gasteiger partial charge >= 0.3 is 6.30 Å². The molecule has 0 saturated carbocycles. The molecule has 0 aliphatic rings. The summed E-state index contributed by atoms with van der Waals surface area (Å²) in [4.78, 5) is -0.519. The summed E-state index contributed by atoms with van der Waals surface area (Å²) in [6, 6.07) is 17.9. The van der Waals surface area contributed by atoms with E-state index in [0.717, 1.165) is 29.8 Å². The minimum absolute atomic E-state index is 0.0314. The van der Waals surface area contributed by atoms with Gasteiger partial charge in [-0.3, -0.25) is 0 Å². The van der Waals surface area contributed by atoms with Crippen molar-refractivity contribution in [3.63, 3.8) is 0 Å². The highest BCUT2D eigenvalue weighted by Crippen LogP contribution is 2.33. The first-order valence-electron chi connectivity index (χ1n) is 9.54. The SMILES string of the molecule is O=S(=O)(c1ccccc1)N(c1ccc(OCCCOCc2ccccc2)nn1)C(F)(F)F. The Morgan fingerprint density at radius 2 is 1.50 bits per heavy atom. The van der Waals surface area contributed by atoms with Crippen LogP contribution < -0.4 is 9.04 Å². The fourth-order valence-corrected chi connectivity index (χ4v) is 4.02. The van der Waals surface area contributed by atoms with Crippen molar-refractivity contribution in [3.8, 4) is 5.88 Å². The third-order valence-corrected chi connectivity index (χ3v) is 5.88. The zero-order chi connectivity index (χ0) is 23.0. The predicted octanol–water partition coefficient (Wildman–Crippen LogP) is 4.18. The van der Waals surface area contributed by atoms with E-state index >= 15 is 0 Å². The van der Waals surface area contributed by atoms with Crippen molar-refractivity contribution in [2.75, 3.05) is 17.5 Å². The number of sulfonamides is 1. The summed E-state index contributed by atoms with van der Waals surface area (Å²) >= 11 is 0. The molecule has 1 aromatic heterocycles. The number of anilines is 1. The van der Waals surface area contributed by atoms with Gasteiger partial charge in [-0.1, -0.05) is 48.5 Å². The molecule has 0 saturated heterocycles. The molecule has 32 heavy (non-hydrogen) atoms. The van der Waals surface area contributed by atoms with Gasteiger partial charge in [-0.25, -0.2) is 8.42 Å². The van der Waals surface area contributed by atoms with Gasteiger partial charge in [0.15, 0.2) is 5.82 Å². The standard InChI is InChI=1S/C21H20F3N3O4S/c22-21(23,24)27(32(28,29)18-10-5-2-6-11-18)19-12-13-20(26-25-19)31-15-7-14-30-16-17-8-3-1-4-9-17/h1-6,8-13H,7,14-16H2. The molecular formula is C21H20F3N3O4S. The second-order valence-electron chi connectivity index (χ2n) is 6.52. The molecule has 0 bridgehead atoms. The number of ether oxygens (including phenoxy) is 2. The molecule has 0 atom stereocenters. The van der Waals surface area contributed by atoms with Crippen molar-refractivity contribution in [2.45, 2.75) is 24.2 Å². The minimum atomic E-state index is -5.23. The monoisotopic (exact) mass is 467 g/mol. The molecule has 0 amide bonds. The van der Waals surface area contributed by atoms with E-state index in [1.165, 1.54) is 18.2 Å². The summed E-state index contributed by atoms with van der Waals surface area (Å²) in [6.45, 7) is 1.07. The number of aromatic nitrogens is 2. The van der Waals surface area contributed by atoms with Crippen molar-refractivity contribution in [2.24, 2.45) is 0 Å². The maximum absolute atomic E-state index is 13.6. The fourth-order valence-electron chi connectivity index (χ4n) is 2.69. The Kier molecular flexibility index (Phi) is 7.65. The number of benzene rings is 2. The Morgan fingerprint density at radius 3 is 2.09 bits per heavy atom. The molecule has 0 aliphatic carbocycles. The first kappa shape index (κ1) is 23.5. The normalized spacial score (nSPS) is 11.8. The van der Waals surface area contributed by atoms with E-state index in [1.807, 2.05) is 30.3 Å². The summed E-state index contributed by atoms with van der Waals surface area (Å²) in [5.41, 5.74) is 1.04. The molecule has 0 aliphatic heterocycles. The smallest absolute Gasteiger partial charge is 0.477 e. The van der Waals surface area contributed by atoms with Gasteiger partial charge in [0, 0.05) is 12.5 Å². The highest BCUT2D eigenvalue weighted by Gasteiger charge is 2.47. The van der Waals surface area contributed by atoms with E-state index in [1.54, 1.807) is 0 Å². The van der Waals surface area contributed by atoms with Crippen molar-refractivity contribution in [1.82, 2.24) is 10.2 Å². The number of alkyl halides is 3. The molecule has 7 nitrogen and oxygen atoms in total. The van der Waals surface area contributed by atoms with Gasteiger partial charge in [0.25, 0.3) is 10.0 Å². The van der Waals surface area contributed by atoms with E-state index in [4.69, 9.17) is 9.47 Å². The first-order valence-corrected chi connectivity index (χ1v) is 11.0. The lowest BCUT2D eigenvalue weighted by Crippen LogP contribution is -2.43. The van der Waals surface area contributed by atoms with Crippen LogP contribution in [0.3, 0.4) is 0 Å². The average molecular weight is 467 g/mol. The molecule has 170 valence electrons. The lowest BCUT2D eigenvalue weighted by atomic mass is 10.2. The molecule has 3 aromatic rings. The van der Waals surface area contributed by atoms with E-state index < -0.39 is 31.3 Å². The number of hydrogen-bond donors (Lipinski definition) is 0. The lowest BCUT2D eigenvalue weighted by Gasteiger charge is -2.24. The Hall–Kier alpha value is -3.18. The summed E-state index contributed by atoms with van der Waals surface area (Å²) in [5, 5.41) is 6.98. The highest BCUT2D eigenvalue weighted by molar-refractivity contribution is 7.92. The van der Waals surface area contributed by atoms with Crippen LogP contribution in [0.25, 0.3) is 0 Å². The van der Waals surface area contributed by atoms with Gasteiger partial charge in [0.1, 0.15) is 0 Å². The summed E-state index contributed by atoms with van der Waals surface area (Å²) in [7, 11) is -4.93. The predicted molar refractivity (Wildman–Crippen MR) is 110 cm³/mol. The van der Waals surface area contributed by atoms with Crippen LogP contribution in [0.15, 0.2) is 77.7 Å². The van der Waals surface area contributed by atoms with Gasteiger partial charge in [0.2, 0.25) is 5.88 Å². The molecular weight excluding hydrogens is 447 g/mol. The van der Waals surface area contributed by atoms with E-state index in [2.05, 4.69) is 10.2 Å². The van der Waals surface area contributed by atoms with Crippen molar-refractivity contribution in [3.05, 3.63) is 78.4 Å². The maximum Gasteiger partial charge on any atom is 0.500 e. The Labute approximate surface area is 183 Å². The molecule has 0 N–H and O–H groups in total. The molecule has 1 heterocycles. The third kappa shape index (κ3) is 6.17. The molecule has 11 heteroatoms. The number of hydrogen-bond acceptors (Lipinski definition) is 6. The molecule has 0 fully saturated rings. The number of rotatable bonds is 10. The van der Waals surface area contributed by atoms with Crippen molar-refractivity contribution in [1.29, 1.82) is 0 Å². The largest absolute Gasteiger partial charge is 0.500 e. The molecule has 3 rings (SSSR count). The highest BCUT2D eigenvalue weighted by atomic mass is 32.2. The molecule has 2 aromatic carbocycles. The fraction of sp³-hybridized carbons (Fsp3) is 0.238. The number of halogens is 3. The van der Waals surface area contributed by atoms with Crippen LogP contribution in [0.2, 0.25) is 0 Å². The second-order valence-corrected chi connectivity index (χ2v) is 8.31. The summed E-state index contributed by atoms with van der Waals surface area (Å²) in [6.07, 6.45) is -4.71. The van der Waals surface area contributed by atoms with Crippen LogP contribution >= 0.6 is 0 Å². The zero-order valence-electron chi connectivity index (χ0n) is 16.8. The van der Waals surface area contributed by atoms with Gasteiger partial charge in [0.05, 0.1) is 24.7 Å². The summed E-state index contributed by atoms with van der Waals surface area (Å²) in [5.74, 6) is -0.920. The van der Waals surface area contributed by atoms with Crippen LogP contribution in [0.1, 0.15) is 12.0 Å². The zero-order valence-corrected chi connectivity index (χ0v) is 17.6. The van der Waals surface area contributed by atoms with E-state index in [9.17, 15) is 21.6 Å². The third-order valence-electron chi connectivity index (χ3n) is 4.14. The van der Waals surface area contributed by atoms with Gasteiger partial charge < -0.3 is 9.47 Å². The summed E-state index contributed by atoms with van der Waals surface area (Å²) < 4.78 is 75.9. The minimum Gasteiger partial charge on any atom is -0.477 e. The Morgan fingerprint density at radius 1 is 0.844 bits per heavy atom. The molecule has 0 spiro atoms. The van der Waals surface area contributed by atoms with Crippen molar-refractivity contribution < 1.29 is 31.1 Å². The maximum atomic E-state index is 13.6. The Bertz CT molecular complexity index is 1080. The molecule has 0 unspecified atom stereocenters. The van der Waals surface area contributed by atoms with Crippen LogP contribution in [0, 0.1) is 0 Å². The van der Waals surface area contributed by atoms with Gasteiger partial charge in [-0.2, -0.15) is 4.31 Å². The van der Waals surface area contributed by atoms with Gasteiger partial charge in [-0.05, 0) is 23.8 Å². The Balaban J connectivity index is 1.58. The quantitative estimate of drug-likeness (QED) is 0.329. The first-order chi connectivity index (χ1) is 15.3. The van der Waals surface area contributed by atoms with Crippen LogP contribution in [-0.4, -0.2) is 38.1 Å². The van der Waals surface area contributed by atoms with Crippen LogP contribution in [0.5, 0.6) is 5.88 Å². The van der Waals surface area contributed by atoms with Crippen LogP contribution in [0.4, 0.5) is 19.0 Å². The topological polar surface area (TPSA) is 81.6 Å². The second kappa shape index (κ2) is 10.4. The van der Waals surface area contributed by atoms with Crippen molar-refractivity contribution >= 4 is 15.8 Å². The van der Waals surface area contributed by atoms with Crippen LogP contribution in [-0.2, 0) is 21.4 Å². The van der Waals surface area contributed by atoms with E-state index in [-0.39, 0.29) is 12.5 Å². The number of nitrogens with zero attached hydrogens (tertiary/aromatic N) is 3.